The van der Waals surface area contributed by atoms with Crippen molar-refractivity contribution in [3.8, 4) is 11.1 Å². The second-order valence-corrected chi connectivity index (χ2v) is 13.4. The highest BCUT2D eigenvalue weighted by Gasteiger charge is 2.38. The lowest BCUT2D eigenvalue weighted by atomic mass is 9.87. The van der Waals surface area contributed by atoms with Gasteiger partial charge >= 0.3 is 5.97 Å². The van der Waals surface area contributed by atoms with Crippen LogP contribution in [0.1, 0.15) is 73.6 Å². The molecule has 4 aromatic rings. The van der Waals surface area contributed by atoms with Crippen LogP contribution in [0.15, 0.2) is 48.8 Å². The number of piperidine rings is 1. The maximum atomic E-state index is 13.0. The van der Waals surface area contributed by atoms with Crippen LogP contribution in [-0.2, 0) is 16.1 Å². The zero-order chi connectivity index (χ0) is 30.6. The van der Waals surface area contributed by atoms with Crippen molar-refractivity contribution in [2.75, 3.05) is 31.7 Å². The van der Waals surface area contributed by atoms with Crippen LogP contribution in [0.5, 0.6) is 0 Å². The fourth-order valence-electron chi connectivity index (χ4n) is 6.91. The van der Waals surface area contributed by atoms with E-state index in [1.165, 1.54) is 5.56 Å². The summed E-state index contributed by atoms with van der Waals surface area (Å²) in [5.41, 5.74) is 8.52. The van der Waals surface area contributed by atoms with Crippen LogP contribution in [0.4, 0.5) is 5.69 Å². The number of hydrogen-bond acceptors (Lipinski definition) is 5. The van der Waals surface area contributed by atoms with Crippen LogP contribution < -0.4 is 9.80 Å². The molecular weight excluding hydrogens is 538 g/mol. The summed E-state index contributed by atoms with van der Waals surface area (Å²) >= 11 is 0. The minimum absolute atomic E-state index is 0.527. The van der Waals surface area contributed by atoms with Crippen LogP contribution in [0.25, 0.3) is 22.0 Å². The monoisotopic (exact) mass is 582 g/mol. The normalized spacial score (nSPS) is 17.0. The quantitative estimate of drug-likeness (QED) is 0.283. The average molecular weight is 583 g/mol. The van der Waals surface area contributed by atoms with E-state index in [0.29, 0.717) is 18.0 Å². The van der Waals surface area contributed by atoms with Crippen LogP contribution in [-0.4, -0.2) is 57.9 Å². The van der Waals surface area contributed by atoms with E-state index in [9.17, 15) is 9.90 Å². The highest BCUT2D eigenvalue weighted by Crippen LogP contribution is 2.47. The second-order valence-electron chi connectivity index (χ2n) is 13.4. The Hall–Kier alpha value is -3.75. The van der Waals surface area contributed by atoms with E-state index in [0.717, 1.165) is 77.0 Å². The van der Waals surface area contributed by atoms with E-state index in [-0.39, 0.29) is 0 Å². The van der Waals surface area contributed by atoms with Crippen LogP contribution in [0.3, 0.4) is 0 Å². The van der Waals surface area contributed by atoms with Gasteiger partial charge in [-0.15, -0.1) is 5.01 Å². The maximum Gasteiger partial charge on any atom is 0.337 e. The molecule has 2 aromatic carbocycles. The number of aromatic nitrogens is 3. The number of hydrogen-bond donors (Lipinski definition) is 1. The first-order chi connectivity index (χ1) is 20.4. The van der Waals surface area contributed by atoms with Crippen molar-refractivity contribution in [3.63, 3.8) is 0 Å². The smallest absolute Gasteiger partial charge is 0.337 e. The van der Waals surface area contributed by atoms with Crippen LogP contribution in [0, 0.1) is 20.8 Å². The highest BCUT2D eigenvalue weighted by molar-refractivity contribution is 6.07. The zero-order valence-electron chi connectivity index (χ0n) is 26.5. The van der Waals surface area contributed by atoms with Gasteiger partial charge in [-0.3, -0.25) is 0 Å². The van der Waals surface area contributed by atoms with Gasteiger partial charge in [0.05, 0.1) is 17.7 Å². The molecule has 0 saturated carbocycles. The molecule has 8 heteroatoms. The molecule has 1 saturated heterocycles. The Labute approximate surface area is 254 Å². The van der Waals surface area contributed by atoms with Crippen molar-refractivity contribution in [2.24, 2.45) is 0 Å². The Balaban J connectivity index is 1.56. The van der Waals surface area contributed by atoms with E-state index in [1.807, 2.05) is 38.7 Å². The molecule has 0 spiro atoms. The second kappa shape index (κ2) is 11.1. The molecule has 1 N–H and O–H groups in total. The van der Waals surface area contributed by atoms with Gasteiger partial charge < -0.3 is 19.3 Å². The number of nitrogens with zero attached hydrogens (tertiary/aromatic N) is 5. The number of benzene rings is 2. The lowest BCUT2D eigenvalue weighted by molar-refractivity contribution is -0.742. The first kappa shape index (κ1) is 29.3. The largest absolute Gasteiger partial charge is 0.479 e. The van der Waals surface area contributed by atoms with E-state index in [2.05, 4.69) is 78.0 Å². The Morgan fingerprint density at radius 1 is 1.05 bits per heavy atom. The standard InChI is InChI=1S/C35H43N5O3/c1-22-8-10-26(11-9-22)30-28-20-23(2)38-18-19-39(40-17-14-27(21-36-40)25-12-15-37(7)16-13-25)31(32(28)38)24(3)29(30)33(34(41)42)43-35(4,5)6/h8-11,14,17,20-21,25,33H,12-13,15-16,18-19H2,1-7H3/p+1/t33-/m0/s1. The van der Waals surface area contributed by atoms with Gasteiger partial charge in [-0.2, -0.15) is 0 Å². The molecule has 2 aliphatic heterocycles. The van der Waals surface area contributed by atoms with Gasteiger partial charge in [0.2, 0.25) is 6.20 Å². The van der Waals surface area contributed by atoms with Crippen LogP contribution in [0.2, 0.25) is 0 Å². The summed E-state index contributed by atoms with van der Waals surface area (Å²) in [7, 11) is 2.18. The van der Waals surface area contributed by atoms with Crippen molar-refractivity contribution in [1.29, 1.82) is 0 Å². The molecule has 0 amide bonds. The highest BCUT2D eigenvalue weighted by atomic mass is 16.5. The number of carboxylic acids is 1. The number of ether oxygens (including phenoxy) is 1. The summed E-state index contributed by atoms with van der Waals surface area (Å²) in [6.07, 6.45) is 5.23. The number of aliphatic carboxylic acids is 1. The topological polar surface area (TPSA) is 74.7 Å². The fourth-order valence-corrected chi connectivity index (χ4v) is 6.91. The number of aryl methyl sites for hydroxylation is 2. The Bertz CT molecular complexity index is 1660. The van der Waals surface area contributed by atoms with Gasteiger partial charge in [-0.25, -0.2) is 4.79 Å². The average Bonchev–Trinajstić information content (AvgIpc) is 3.30. The van der Waals surface area contributed by atoms with Gasteiger partial charge in [0, 0.05) is 39.1 Å². The molecule has 0 bridgehead atoms. The molecule has 8 nitrogen and oxygen atoms in total. The molecule has 1 atom stereocenters. The minimum atomic E-state index is -1.14. The van der Waals surface area contributed by atoms with Crippen molar-refractivity contribution in [2.45, 2.75) is 78.6 Å². The van der Waals surface area contributed by atoms with E-state index in [1.54, 1.807) is 0 Å². The SMILES string of the molecule is Cc1ccc(-c2c([C@H](OC(C)(C)C)C(=O)O)c(C)c3c4c2cc(C)n4CCN3[n+]2ccc(C3CCN(C)CC3)cn2)cc1. The lowest BCUT2D eigenvalue weighted by Crippen LogP contribution is -2.59. The van der Waals surface area contributed by atoms with Crippen molar-refractivity contribution in [3.05, 3.63) is 76.7 Å². The third-order valence-electron chi connectivity index (χ3n) is 9.08. The molecule has 6 rings (SSSR count). The molecule has 2 aromatic heterocycles. The number of anilines is 1. The number of likely N-dealkylation sites (tertiary alicyclic amines) is 1. The molecule has 0 unspecified atom stereocenters. The Morgan fingerprint density at radius 3 is 2.35 bits per heavy atom. The van der Waals surface area contributed by atoms with E-state index in [4.69, 9.17) is 9.84 Å². The lowest BCUT2D eigenvalue weighted by Gasteiger charge is -2.32. The van der Waals surface area contributed by atoms with Gasteiger partial charge in [-0.05, 0) is 109 Å². The number of rotatable bonds is 6. The molecule has 2 aliphatic rings. The third kappa shape index (κ3) is 5.43. The molecule has 0 radical (unpaired) electrons. The summed E-state index contributed by atoms with van der Waals surface area (Å²) in [5.74, 6) is -0.469. The predicted octanol–water partition coefficient (Wildman–Crippen LogP) is 5.95. The summed E-state index contributed by atoms with van der Waals surface area (Å²) in [6, 6.07) is 12.8. The first-order valence-electron chi connectivity index (χ1n) is 15.4. The van der Waals surface area contributed by atoms with Crippen LogP contribution >= 0.6 is 0 Å². The number of carboxylic acid groups (broad SMARTS) is 1. The first-order valence-corrected chi connectivity index (χ1v) is 15.4. The number of carbonyl (C=O) groups is 1. The van der Waals surface area contributed by atoms with Crippen molar-refractivity contribution < 1.29 is 19.4 Å². The Kier molecular flexibility index (Phi) is 7.55. The molecule has 226 valence electrons. The fraction of sp³-hybridized carbons (Fsp3) is 0.457. The van der Waals surface area contributed by atoms with Gasteiger partial charge in [-0.1, -0.05) is 29.8 Å². The van der Waals surface area contributed by atoms with E-state index < -0.39 is 17.7 Å². The molecule has 1 fully saturated rings. The van der Waals surface area contributed by atoms with Gasteiger partial charge in [0.25, 0.3) is 0 Å². The molecule has 4 heterocycles. The maximum absolute atomic E-state index is 13.0. The summed E-state index contributed by atoms with van der Waals surface area (Å²) in [4.78, 5) is 17.3. The predicted molar refractivity (Wildman–Crippen MR) is 169 cm³/mol. The summed E-state index contributed by atoms with van der Waals surface area (Å²) in [5, 5.41) is 18.8. The summed E-state index contributed by atoms with van der Waals surface area (Å²) < 4.78 is 8.70. The van der Waals surface area contributed by atoms with Gasteiger partial charge in [0.15, 0.2) is 6.10 Å². The van der Waals surface area contributed by atoms with Gasteiger partial charge in [0.1, 0.15) is 11.9 Å². The van der Waals surface area contributed by atoms with Crippen molar-refractivity contribution in [1.82, 2.24) is 14.6 Å². The minimum Gasteiger partial charge on any atom is -0.479 e. The van der Waals surface area contributed by atoms with Crippen molar-refractivity contribution >= 4 is 22.6 Å². The molecular formula is C35H44N5O3+. The Morgan fingerprint density at radius 2 is 1.74 bits per heavy atom. The molecule has 0 aliphatic carbocycles. The summed E-state index contributed by atoms with van der Waals surface area (Å²) in [6.45, 7) is 15.7. The zero-order valence-corrected chi connectivity index (χ0v) is 26.5. The third-order valence-corrected chi connectivity index (χ3v) is 9.08. The van der Waals surface area contributed by atoms with E-state index >= 15 is 0 Å². The molecule has 43 heavy (non-hydrogen) atoms.